The number of hydrogen-bond donors (Lipinski definition) is 2. The molecule has 148 valence electrons. The number of carbonyl (C=O) groups excluding carboxylic acids is 1. The number of nitrogens with one attached hydrogen (secondary N) is 2. The van der Waals surface area contributed by atoms with Gasteiger partial charge in [0.05, 0.1) is 0 Å². The van der Waals surface area contributed by atoms with Gasteiger partial charge in [0.25, 0.3) is 0 Å². The van der Waals surface area contributed by atoms with Crippen LogP contribution in [0.25, 0.3) is 0 Å². The Morgan fingerprint density at radius 1 is 1.14 bits per heavy atom. The highest BCUT2D eigenvalue weighted by Gasteiger charge is 2.21. The molecular weight excluding hydrogens is 352 g/mol. The lowest BCUT2D eigenvalue weighted by molar-refractivity contribution is -0.117. The number of nitrogens with zero attached hydrogens (tertiary/aromatic N) is 4. The topological polar surface area (TPSA) is 72.9 Å². The average molecular weight is 380 g/mol. The van der Waals surface area contributed by atoms with Gasteiger partial charge in [-0.2, -0.15) is 0 Å². The summed E-state index contributed by atoms with van der Waals surface area (Å²) < 4.78 is 0. The third-order valence-corrected chi connectivity index (χ3v) is 4.73. The van der Waals surface area contributed by atoms with Crippen LogP contribution in [0.4, 0.5) is 11.5 Å². The van der Waals surface area contributed by atoms with E-state index in [2.05, 4.69) is 26.7 Å². The van der Waals surface area contributed by atoms with Gasteiger partial charge in [0, 0.05) is 59.1 Å². The Hall–Kier alpha value is -3.09. The Labute approximate surface area is 166 Å². The van der Waals surface area contributed by atoms with Crippen LogP contribution in [0.3, 0.4) is 0 Å². The summed E-state index contributed by atoms with van der Waals surface area (Å²) >= 11 is 0. The fraction of sp³-hybridized carbons (Fsp3) is 0.381. The molecule has 28 heavy (non-hydrogen) atoms. The van der Waals surface area contributed by atoms with Crippen LogP contribution < -0.4 is 20.4 Å². The van der Waals surface area contributed by atoms with Gasteiger partial charge >= 0.3 is 0 Å². The van der Waals surface area contributed by atoms with E-state index in [9.17, 15) is 4.79 Å². The van der Waals surface area contributed by atoms with Crippen molar-refractivity contribution < 1.29 is 4.79 Å². The molecule has 1 aliphatic heterocycles. The monoisotopic (exact) mass is 380 g/mol. The standard InChI is InChI=1S/C21H28N6O/c1-22-21(25-15-17-10-11-23-19(13-17)26(2)3)24-14-16-6-8-18(9-7-16)27-12-4-5-20(27)28/h6-11,13H,4-5,12,14-15H2,1-3H3,(H2,22,24,25). The number of rotatable bonds is 6. The summed E-state index contributed by atoms with van der Waals surface area (Å²) in [4.78, 5) is 24.3. The number of amides is 1. The smallest absolute Gasteiger partial charge is 0.227 e. The third kappa shape index (κ3) is 5.00. The first kappa shape index (κ1) is 19.7. The van der Waals surface area contributed by atoms with Crippen molar-refractivity contribution in [3.63, 3.8) is 0 Å². The van der Waals surface area contributed by atoms with Crippen molar-refractivity contribution in [1.82, 2.24) is 15.6 Å². The highest BCUT2D eigenvalue weighted by molar-refractivity contribution is 5.95. The van der Waals surface area contributed by atoms with Crippen LogP contribution in [-0.4, -0.2) is 44.5 Å². The van der Waals surface area contributed by atoms with E-state index in [1.165, 1.54) is 0 Å². The molecule has 1 aromatic carbocycles. The third-order valence-electron chi connectivity index (χ3n) is 4.73. The quantitative estimate of drug-likeness (QED) is 0.593. The minimum Gasteiger partial charge on any atom is -0.363 e. The normalized spacial score (nSPS) is 14.3. The van der Waals surface area contributed by atoms with Gasteiger partial charge in [0.1, 0.15) is 5.82 Å². The maximum Gasteiger partial charge on any atom is 0.227 e. The molecule has 7 heteroatoms. The van der Waals surface area contributed by atoms with Crippen LogP contribution >= 0.6 is 0 Å². The second-order valence-corrected chi connectivity index (χ2v) is 7.01. The molecule has 1 saturated heterocycles. The molecule has 2 aromatic rings. The van der Waals surface area contributed by atoms with E-state index in [4.69, 9.17) is 0 Å². The van der Waals surface area contributed by atoms with Gasteiger partial charge in [-0.15, -0.1) is 0 Å². The number of benzene rings is 1. The number of aliphatic imine (C=N–C) groups is 1. The minimum absolute atomic E-state index is 0.212. The van der Waals surface area contributed by atoms with Crippen molar-refractivity contribution in [2.24, 2.45) is 4.99 Å². The predicted molar refractivity (Wildman–Crippen MR) is 114 cm³/mol. The van der Waals surface area contributed by atoms with Crippen molar-refractivity contribution in [2.45, 2.75) is 25.9 Å². The second kappa shape index (κ2) is 9.21. The van der Waals surface area contributed by atoms with E-state index >= 15 is 0 Å². The minimum atomic E-state index is 0.212. The summed E-state index contributed by atoms with van der Waals surface area (Å²) in [5.74, 6) is 1.88. The molecule has 1 amide bonds. The van der Waals surface area contributed by atoms with Crippen molar-refractivity contribution >= 4 is 23.4 Å². The molecule has 0 saturated carbocycles. The van der Waals surface area contributed by atoms with Gasteiger partial charge in [0.15, 0.2) is 5.96 Å². The van der Waals surface area contributed by atoms with Crippen LogP contribution in [-0.2, 0) is 17.9 Å². The molecule has 2 heterocycles. The van der Waals surface area contributed by atoms with Crippen molar-refractivity contribution in [2.75, 3.05) is 37.5 Å². The predicted octanol–water partition coefficient (Wildman–Crippen LogP) is 2.14. The molecule has 3 rings (SSSR count). The highest BCUT2D eigenvalue weighted by Crippen LogP contribution is 2.21. The van der Waals surface area contributed by atoms with Crippen LogP contribution in [0.15, 0.2) is 47.6 Å². The molecule has 1 fully saturated rings. The number of hydrogen-bond acceptors (Lipinski definition) is 4. The lowest BCUT2D eigenvalue weighted by Gasteiger charge is -2.17. The summed E-state index contributed by atoms with van der Waals surface area (Å²) in [5.41, 5.74) is 3.25. The van der Waals surface area contributed by atoms with Crippen molar-refractivity contribution in [3.05, 3.63) is 53.7 Å². The van der Waals surface area contributed by atoms with E-state index in [1.807, 2.05) is 60.4 Å². The highest BCUT2D eigenvalue weighted by atomic mass is 16.2. The summed E-state index contributed by atoms with van der Waals surface area (Å²) in [6.07, 6.45) is 3.41. The maximum absolute atomic E-state index is 11.8. The van der Waals surface area contributed by atoms with Crippen LogP contribution in [0.5, 0.6) is 0 Å². The lowest BCUT2D eigenvalue weighted by Crippen LogP contribution is -2.36. The fourth-order valence-corrected chi connectivity index (χ4v) is 3.12. The Balaban J connectivity index is 1.51. The molecule has 1 aromatic heterocycles. The van der Waals surface area contributed by atoms with E-state index in [1.54, 1.807) is 7.05 Å². The molecule has 0 radical (unpaired) electrons. The van der Waals surface area contributed by atoms with Crippen LogP contribution in [0, 0.1) is 0 Å². The number of aromatic nitrogens is 1. The van der Waals surface area contributed by atoms with Gasteiger partial charge in [-0.25, -0.2) is 4.98 Å². The van der Waals surface area contributed by atoms with Crippen LogP contribution in [0.1, 0.15) is 24.0 Å². The van der Waals surface area contributed by atoms with Gasteiger partial charge in [-0.1, -0.05) is 12.1 Å². The second-order valence-electron chi connectivity index (χ2n) is 7.01. The van der Waals surface area contributed by atoms with E-state index in [0.717, 1.165) is 41.6 Å². The summed E-state index contributed by atoms with van der Waals surface area (Å²) in [6, 6.07) is 12.2. The van der Waals surface area contributed by atoms with Crippen molar-refractivity contribution in [3.8, 4) is 0 Å². The molecule has 0 unspecified atom stereocenters. The molecule has 1 aliphatic rings. The van der Waals surface area contributed by atoms with E-state index in [-0.39, 0.29) is 5.91 Å². The first-order valence-electron chi connectivity index (χ1n) is 9.53. The molecule has 0 atom stereocenters. The maximum atomic E-state index is 11.8. The SMILES string of the molecule is CN=C(NCc1ccc(N2CCCC2=O)cc1)NCc1ccnc(N(C)C)c1. The van der Waals surface area contributed by atoms with E-state index < -0.39 is 0 Å². The summed E-state index contributed by atoms with van der Waals surface area (Å²) in [7, 11) is 5.71. The molecule has 0 aliphatic carbocycles. The molecular formula is C21H28N6O. The summed E-state index contributed by atoms with van der Waals surface area (Å²) in [6.45, 7) is 2.14. The first-order chi connectivity index (χ1) is 13.6. The zero-order valence-electron chi connectivity index (χ0n) is 16.8. The fourth-order valence-electron chi connectivity index (χ4n) is 3.12. The number of guanidine groups is 1. The molecule has 7 nitrogen and oxygen atoms in total. The number of carbonyl (C=O) groups is 1. The molecule has 2 N–H and O–H groups in total. The molecule has 0 spiro atoms. The number of pyridine rings is 1. The lowest BCUT2D eigenvalue weighted by atomic mass is 10.2. The first-order valence-corrected chi connectivity index (χ1v) is 9.53. The average Bonchev–Trinajstić information content (AvgIpc) is 3.14. The zero-order valence-corrected chi connectivity index (χ0v) is 16.8. The molecule has 0 bridgehead atoms. The van der Waals surface area contributed by atoms with Crippen LogP contribution in [0.2, 0.25) is 0 Å². The summed E-state index contributed by atoms with van der Waals surface area (Å²) in [5, 5.41) is 6.65. The Morgan fingerprint density at radius 2 is 1.86 bits per heavy atom. The van der Waals surface area contributed by atoms with Gasteiger partial charge < -0.3 is 20.4 Å². The largest absolute Gasteiger partial charge is 0.363 e. The Kier molecular flexibility index (Phi) is 6.47. The zero-order chi connectivity index (χ0) is 19.9. The Bertz CT molecular complexity index is 831. The van der Waals surface area contributed by atoms with Crippen molar-refractivity contribution in [1.29, 1.82) is 0 Å². The van der Waals surface area contributed by atoms with Gasteiger partial charge in [-0.3, -0.25) is 9.79 Å². The Morgan fingerprint density at radius 3 is 2.46 bits per heavy atom. The number of anilines is 2. The van der Waals surface area contributed by atoms with Gasteiger partial charge in [-0.05, 0) is 41.8 Å². The van der Waals surface area contributed by atoms with Gasteiger partial charge in [0.2, 0.25) is 5.91 Å². The van der Waals surface area contributed by atoms with E-state index in [0.29, 0.717) is 19.5 Å².